The van der Waals surface area contributed by atoms with Crippen LogP contribution in [0.3, 0.4) is 0 Å². The number of carbonyl (C=O) groups excluding carboxylic acids is 2. The van der Waals surface area contributed by atoms with Gasteiger partial charge in [-0.25, -0.2) is 0 Å². The van der Waals surface area contributed by atoms with Crippen molar-refractivity contribution in [1.82, 2.24) is 9.88 Å². The molecule has 0 unspecified atom stereocenters. The Morgan fingerprint density at radius 1 is 1.21 bits per heavy atom. The van der Waals surface area contributed by atoms with Crippen LogP contribution in [0.4, 0.5) is 0 Å². The lowest BCUT2D eigenvalue weighted by molar-refractivity contribution is 0.0963. The maximum absolute atomic E-state index is 12.6. The molecule has 1 aromatic rings. The predicted octanol–water partition coefficient (Wildman–Crippen LogP) is 2.01. The van der Waals surface area contributed by atoms with Crippen molar-refractivity contribution < 1.29 is 9.59 Å². The number of nitrogens with zero attached hydrogens (tertiary/aromatic N) is 1. The fourth-order valence-corrected chi connectivity index (χ4v) is 3.26. The maximum atomic E-state index is 12.6. The smallest absolute Gasteiger partial charge is 0.211 e. The SMILES string of the molecule is CCNC1=C(C)C(=O)c2c(c(C)c3n2CCC3)C1=O. The van der Waals surface area contributed by atoms with E-state index in [4.69, 9.17) is 0 Å². The topological polar surface area (TPSA) is 51.1 Å². The minimum atomic E-state index is -0.0200. The number of fused-ring (bicyclic) bond motifs is 3. The first-order valence-electron chi connectivity index (χ1n) is 6.84. The molecule has 1 aliphatic heterocycles. The summed E-state index contributed by atoms with van der Waals surface area (Å²) < 4.78 is 2.05. The molecular formula is C15H18N2O2. The van der Waals surface area contributed by atoms with Gasteiger partial charge in [0.05, 0.1) is 11.3 Å². The van der Waals surface area contributed by atoms with Gasteiger partial charge in [-0.2, -0.15) is 0 Å². The van der Waals surface area contributed by atoms with Crippen LogP contribution in [0.2, 0.25) is 0 Å². The van der Waals surface area contributed by atoms with Crippen molar-refractivity contribution in [3.8, 4) is 0 Å². The zero-order chi connectivity index (χ0) is 13.7. The van der Waals surface area contributed by atoms with Crippen LogP contribution in [0.5, 0.6) is 0 Å². The second-order valence-electron chi connectivity index (χ2n) is 5.24. The molecule has 0 radical (unpaired) electrons. The molecule has 19 heavy (non-hydrogen) atoms. The molecule has 4 heteroatoms. The van der Waals surface area contributed by atoms with E-state index in [0.717, 1.165) is 30.6 Å². The average Bonchev–Trinajstić information content (AvgIpc) is 2.95. The van der Waals surface area contributed by atoms with E-state index in [1.54, 1.807) is 6.92 Å². The van der Waals surface area contributed by atoms with E-state index in [0.29, 0.717) is 29.1 Å². The number of ketones is 2. The van der Waals surface area contributed by atoms with E-state index in [1.165, 1.54) is 0 Å². The van der Waals surface area contributed by atoms with E-state index in [-0.39, 0.29) is 11.6 Å². The molecule has 3 rings (SSSR count). The average molecular weight is 258 g/mol. The Labute approximate surface area is 112 Å². The molecule has 2 aliphatic rings. The van der Waals surface area contributed by atoms with Gasteiger partial charge in [0.15, 0.2) is 0 Å². The third-order valence-corrected chi connectivity index (χ3v) is 4.17. The second-order valence-corrected chi connectivity index (χ2v) is 5.24. The van der Waals surface area contributed by atoms with Gasteiger partial charge in [0.25, 0.3) is 0 Å². The Morgan fingerprint density at radius 3 is 2.63 bits per heavy atom. The van der Waals surface area contributed by atoms with E-state index in [9.17, 15) is 9.59 Å². The fraction of sp³-hybridized carbons (Fsp3) is 0.467. The number of hydrogen-bond donors (Lipinski definition) is 1. The second kappa shape index (κ2) is 4.08. The number of Topliss-reactive ketones (excluding diaryl/α,β-unsaturated/α-hetero) is 2. The molecule has 0 atom stereocenters. The molecule has 0 fully saturated rings. The number of nitrogens with one attached hydrogen (secondary N) is 1. The lowest BCUT2D eigenvalue weighted by atomic mass is 9.90. The lowest BCUT2D eigenvalue weighted by Crippen LogP contribution is -2.30. The monoisotopic (exact) mass is 258 g/mol. The first-order chi connectivity index (χ1) is 9.07. The third-order valence-electron chi connectivity index (χ3n) is 4.17. The van der Waals surface area contributed by atoms with Crippen molar-refractivity contribution in [2.45, 2.75) is 40.2 Å². The van der Waals surface area contributed by atoms with Gasteiger partial charge >= 0.3 is 0 Å². The Balaban J connectivity index is 2.24. The lowest BCUT2D eigenvalue weighted by Gasteiger charge is -2.19. The molecule has 0 bridgehead atoms. The van der Waals surface area contributed by atoms with Gasteiger partial charge in [0.1, 0.15) is 5.69 Å². The normalized spacial score (nSPS) is 17.8. The summed E-state index contributed by atoms with van der Waals surface area (Å²) in [5.41, 5.74) is 4.43. The Kier molecular flexibility index (Phi) is 2.62. The molecular weight excluding hydrogens is 240 g/mol. The van der Waals surface area contributed by atoms with Crippen LogP contribution in [0.1, 0.15) is 52.4 Å². The summed E-state index contributed by atoms with van der Waals surface area (Å²) in [6, 6.07) is 0. The number of allylic oxidation sites excluding steroid dienone is 2. The largest absolute Gasteiger partial charge is 0.382 e. The van der Waals surface area contributed by atoms with Crippen LogP contribution in [-0.4, -0.2) is 22.7 Å². The molecule has 0 spiro atoms. The first-order valence-corrected chi connectivity index (χ1v) is 6.84. The molecule has 1 N–H and O–H groups in total. The van der Waals surface area contributed by atoms with Gasteiger partial charge in [-0.1, -0.05) is 0 Å². The standard InChI is InChI=1S/C15H18N2O2/c1-4-16-12-9(3)14(18)13-11(15(12)19)8(2)10-6-5-7-17(10)13/h16H,4-7H2,1-3H3. The molecule has 100 valence electrons. The zero-order valence-corrected chi connectivity index (χ0v) is 11.6. The number of aromatic nitrogens is 1. The number of rotatable bonds is 2. The van der Waals surface area contributed by atoms with Crippen LogP contribution in [0, 0.1) is 6.92 Å². The van der Waals surface area contributed by atoms with Gasteiger partial charge in [0, 0.05) is 24.4 Å². The summed E-state index contributed by atoms with van der Waals surface area (Å²) in [4.78, 5) is 25.2. The van der Waals surface area contributed by atoms with Crippen molar-refractivity contribution in [1.29, 1.82) is 0 Å². The van der Waals surface area contributed by atoms with Crippen LogP contribution in [0.25, 0.3) is 0 Å². The van der Waals surface area contributed by atoms with Gasteiger partial charge in [-0.05, 0) is 39.2 Å². The maximum Gasteiger partial charge on any atom is 0.211 e. The summed E-state index contributed by atoms with van der Waals surface area (Å²) in [7, 11) is 0. The highest BCUT2D eigenvalue weighted by Gasteiger charge is 2.37. The van der Waals surface area contributed by atoms with E-state index in [1.807, 2.05) is 13.8 Å². The van der Waals surface area contributed by atoms with Crippen molar-refractivity contribution in [3.05, 3.63) is 33.8 Å². The van der Waals surface area contributed by atoms with Crippen LogP contribution in [-0.2, 0) is 13.0 Å². The quantitative estimate of drug-likeness (QED) is 0.882. The molecule has 0 amide bonds. The summed E-state index contributed by atoms with van der Waals surface area (Å²) in [6.07, 6.45) is 2.03. The zero-order valence-electron chi connectivity index (χ0n) is 11.6. The summed E-state index contributed by atoms with van der Waals surface area (Å²) in [6.45, 7) is 7.14. The Morgan fingerprint density at radius 2 is 1.95 bits per heavy atom. The highest BCUT2D eigenvalue weighted by molar-refractivity contribution is 6.26. The third kappa shape index (κ3) is 1.46. The summed E-state index contributed by atoms with van der Waals surface area (Å²) in [5.74, 6) is -0.0184. The van der Waals surface area contributed by atoms with Crippen LogP contribution in [0.15, 0.2) is 11.3 Å². The molecule has 4 nitrogen and oxygen atoms in total. The van der Waals surface area contributed by atoms with Gasteiger partial charge in [-0.15, -0.1) is 0 Å². The molecule has 1 aliphatic carbocycles. The van der Waals surface area contributed by atoms with Crippen molar-refractivity contribution >= 4 is 11.6 Å². The minimum absolute atomic E-state index is 0.00167. The number of likely N-dealkylation sites (N-methyl/N-ethyl adjacent to an activating group) is 1. The molecule has 2 heterocycles. The predicted molar refractivity (Wildman–Crippen MR) is 72.5 cm³/mol. The van der Waals surface area contributed by atoms with Crippen LogP contribution < -0.4 is 5.32 Å². The fourth-order valence-electron chi connectivity index (χ4n) is 3.26. The highest BCUT2D eigenvalue weighted by atomic mass is 16.1. The molecule has 1 aromatic heterocycles. The van der Waals surface area contributed by atoms with Gasteiger partial charge in [0.2, 0.25) is 11.6 Å². The minimum Gasteiger partial charge on any atom is -0.382 e. The van der Waals surface area contributed by atoms with Gasteiger partial charge < -0.3 is 9.88 Å². The van der Waals surface area contributed by atoms with E-state index < -0.39 is 0 Å². The molecule has 0 saturated heterocycles. The van der Waals surface area contributed by atoms with Crippen molar-refractivity contribution in [2.24, 2.45) is 0 Å². The molecule has 0 saturated carbocycles. The number of hydrogen-bond acceptors (Lipinski definition) is 3. The summed E-state index contributed by atoms with van der Waals surface area (Å²) >= 11 is 0. The summed E-state index contributed by atoms with van der Waals surface area (Å²) in [5, 5.41) is 3.05. The highest BCUT2D eigenvalue weighted by Crippen LogP contribution is 2.34. The van der Waals surface area contributed by atoms with Crippen molar-refractivity contribution in [3.63, 3.8) is 0 Å². The van der Waals surface area contributed by atoms with E-state index in [2.05, 4.69) is 9.88 Å². The first kappa shape index (κ1) is 12.2. The van der Waals surface area contributed by atoms with Gasteiger partial charge in [-0.3, -0.25) is 9.59 Å². The van der Waals surface area contributed by atoms with E-state index >= 15 is 0 Å². The van der Waals surface area contributed by atoms with Crippen molar-refractivity contribution in [2.75, 3.05) is 6.54 Å². The molecule has 0 aromatic carbocycles. The Hall–Kier alpha value is -1.84. The Bertz CT molecular complexity index is 635. The van der Waals surface area contributed by atoms with Crippen LogP contribution >= 0.6 is 0 Å². The number of carbonyl (C=O) groups is 2.